The van der Waals surface area contributed by atoms with Crippen LogP contribution in [0.15, 0.2) is 60.7 Å². The van der Waals surface area contributed by atoms with Crippen LogP contribution in [0.25, 0.3) is 10.8 Å². The van der Waals surface area contributed by atoms with Gasteiger partial charge in [-0.15, -0.1) is 0 Å². The van der Waals surface area contributed by atoms with Crippen molar-refractivity contribution in [2.24, 2.45) is 0 Å². The van der Waals surface area contributed by atoms with Crippen molar-refractivity contribution >= 4 is 34.8 Å². The second kappa shape index (κ2) is 9.94. The largest absolute Gasteiger partial charge is 0.487 e. The van der Waals surface area contributed by atoms with Crippen molar-refractivity contribution in [3.63, 3.8) is 0 Å². The summed E-state index contributed by atoms with van der Waals surface area (Å²) in [5, 5.41) is 12.7. The topological polar surface area (TPSA) is 75.6 Å². The Bertz CT molecular complexity index is 984. The van der Waals surface area contributed by atoms with Crippen LogP contribution in [-0.4, -0.2) is 23.5 Å². The maximum atomic E-state index is 12.8. The first kappa shape index (κ1) is 20.7. The fraction of sp³-hybridized carbons (Fsp3) is 0.217. The quantitative estimate of drug-likeness (QED) is 0.575. The molecule has 0 unspecified atom stereocenters. The highest BCUT2D eigenvalue weighted by Crippen LogP contribution is 2.31. The van der Waals surface area contributed by atoms with Crippen molar-refractivity contribution in [2.45, 2.75) is 31.9 Å². The Kier molecular flexibility index (Phi) is 7.09. The van der Waals surface area contributed by atoms with Gasteiger partial charge in [0.05, 0.1) is 5.56 Å². The van der Waals surface area contributed by atoms with Crippen LogP contribution in [-0.2, 0) is 11.4 Å². The zero-order valence-corrected chi connectivity index (χ0v) is 16.6. The Hall–Kier alpha value is -3.05. The summed E-state index contributed by atoms with van der Waals surface area (Å²) in [6, 6.07) is 19.6. The van der Waals surface area contributed by atoms with E-state index in [-0.39, 0.29) is 18.4 Å². The highest BCUT2D eigenvalue weighted by atomic mass is 35.5. The van der Waals surface area contributed by atoms with Gasteiger partial charge in [-0.3, -0.25) is 9.59 Å². The van der Waals surface area contributed by atoms with Gasteiger partial charge in [0.25, 0.3) is 12.4 Å². The number of amides is 1. The number of nitrogens with one attached hydrogen (secondary N) is 1. The van der Waals surface area contributed by atoms with Gasteiger partial charge in [0, 0.05) is 16.5 Å². The van der Waals surface area contributed by atoms with Crippen LogP contribution in [0.2, 0.25) is 5.02 Å². The maximum absolute atomic E-state index is 12.8. The van der Waals surface area contributed by atoms with E-state index >= 15 is 0 Å². The van der Waals surface area contributed by atoms with E-state index < -0.39 is 0 Å². The number of rotatable bonds is 5. The van der Waals surface area contributed by atoms with Crippen LogP contribution in [0.1, 0.15) is 35.2 Å². The van der Waals surface area contributed by atoms with Gasteiger partial charge in [-0.25, -0.2) is 0 Å². The van der Waals surface area contributed by atoms with Crippen LogP contribution < -0.4 is 10.1 Å². The second-order valence-corrected chi connectivity index (χ2v) is 7.22. The lowest BCUT2D eigenvalue weighted by Gasteiger charge is -2.27. The summed E-state index contributed by atoms with van der Waals surface area (Å²) in [7, 11) is 0. The summed E-state index contributed by atoms with van der Waals surface area (Å²) >= 11 is 5.95. The van der Waals surface area contributed by atoms with E-state index in [1.165, 1.54) is 6.42 Å². The molecule has 0 heterocycles. The van der Waals surface area contributed by atoms with E-state index in [2.05, 4.69) is 5.32 Å². The van der Waals surface area contributed by atoms with E-state index in [4.69, 9.17) is 26.2 Å². The third kappa shape index (κ3) is 5.27. The first-order valence-corrected chi connectivity index (χ1v) is 9.78. The average Bonchev–Trinajstić information content (AvgIpc) is 2.70. The molecule has 4 rings (SSSR count). The lowest BCUT2D eigenvalue weighted by atomic mass is 9.92. The zero-order chi connectivity index (χ0) is 20.6. The Balaban J connectivity index is 0.000000755. The van der Waals surface area contributed by atoms with E-state index in [1.807, 2.05) is 60.7 Å². The van der Waals surface area contributed by atoms with E-state index in [0.717, 1.165) is 29.2 Å². The molecular weight excluding hydrogens is 390 g/mol. The summed E-state index contributed by atoms with van der Waals surface area (Å²) in [5.74, 6) is 0.571. The van der Waals surface area contributed by atoms with Crippen LogP contribution in [0.3, 0.4) is 0 Å². The van der Waals surface area contributed by atoms with E-state index in [1.54, 1.807) is 0 Å². The zero-order valence-electron chi connectivity index (χ0n) is 15.8. The van der Waals surface area contributed by atoms with Gasteiger partial charge in [0.1, 0.15) is 12.4 Å². The van der Waals surface area contributed by atoms with Gasteiger partial charge >= 0.3 is 0 Å². The molecule has 1 fully saturated rings. The molecule has 29 heavy (non-hydrogen) atoms. The molecule has 3 aromatic carbocycles. The second-order valence-electron chi connectivity index (χ2n) is 6.79. The SMILES string of the molecule is O=C(NC1CCC1)c1ccc2ccccc2c1OCc1ccc(Cl)cc1.O=CO. The Morgan fingerprint density at radius 2 is 1.79 bits per heavy atom. The maximum Gasteiger partial charge on any atom is 0.290 e. The molecule has 1 amide bonds. The molecule has 1 saturated carbocycles. The number of hydrogen-bond acceptors (Lipinski definition) is 3. The molecule has 1 aliphatic rings. The normalized spacial score (nSPS) is 13.0. The molecule has 2 N–H and O–H groups in total. The predicted molar refractivity (Wildman–Crippen MR) is 114 cm³/mol. The third-order valence-electron chi connectivity index (χ3n) is 4.86. The van der Waals surface area contributed by atoms with E-state index in [9.17, 15) is 4.79 Å². The molecule has 150 valence electrons. The molecule has 6 heteroatoms. The summed E-state index contributed by atoms with van der Waals surface area (Å²) in [6.07, 6.45) is 3.29. The van der Waals surface area contributed by atoms with Gasteiger partial charge < -0.3 is 15.2 Å². The molecule has 0 spiro atoms. The van der Waals surface area contributed by atoms with Gasteiger partial charge in [0.2, 0.25) is 0 Å². The van der Waals surface area contributed by atoms with Crippen molar-refractivity contribution < 1.29 is 19.4 Å². The van der Waals surface area contributed by atoms with Gasteiger partial charge in [-0.1, -0.05) is 54.1 Å². The molecule has 3 aromatic rings. The van der Waals surface area contributed by atoms with Crippen molar-refractivity contribution in [3.8, 4) is 5.75 Å². The standard InChI is InChI=1S/C22H20ClNO2.CH2O2/c23-17-11-8-15(9-12-17)14-26-21-19-7-2-1-4-16(19)10-13-20(21)22(25)24-18-5-3-6-18;2-1-3/h1-2,4,7-13,18H,3,5-6,14H2,(H,24,25);1H,(H,2,3). The molecule has 0 radical (unpaired) electrons. The summed E-state index contributed by atoms with van der Waals surface area (Å²) in [5.41, 5.74) is 1.59. The number of fused-ring (bicyclic) bond motifs is 1. The van der Waals surface area contributed by atoms with Crippen molar-refractivity contribution in [2.75, 3.05) is 0 Å². The van der Waals surface area contributed by atoms with Gasteiger partial charge in [-0.05, 0) is 48.4 Å². The number of carboxylic acid groups (broad SMARTS) is 1. The lowest BCUT2D eigenvalue weighted by molar-refractivity contribution is -0.122. The minimum atomic E-state index is -0.250. The van der Waals surface area contributed by atoms with Crippen LogP contribution in [0, 0.1) is 0 Å². The predicted octanol–water partition coefficient (Wildman–Crippen LogP) is 5.06. The number of carbonyl (C=O) groups is 2. The number of benzene rings is 3. The first-order chi connectivity index (χ1) is 14.1. The van der Waals surface area contributed by atoms with Crippen molar-refractivity contribution in [1.29, 1.82) is 0 Å². The minimum Gasteiger partial charge on any atom is -0.487 e. The molecule has 1 aliphatic carbocycles. The Labute approximate surface area is 174 Å². The van der Waals surface area contributed by atoms with Crippen LogP contribution in [0.5, 0.6) is 5.75 Å². The van der Waals surface area contributed by atoms with E-state index in [0.29, 0.717) is 22.9 Å². The molecule has 0 saturated heterocycles. The van der Waals surface area contributed by atoms with Gasteiger partial charge in [-0.2, -0.15) is 0 Å². The number of halogens is 1. The average molecular weight is 412 g/mol. The number of carbonyl (C=O) groups excluding carboxylic acids is 1. The Morgan fingerprint density at radius 3 is 2.45 bits per heavy atom. The lowest BCUT2D eigenvalue weighted by Crippen LogP contribution is -2.39. The van der Waals surface area contributed by atoms with Crippen LogP contribution >= 0.6 is 11.6 Å². The first-order valence-electron chi connectivity index (χ1n) is 9.40. The molecular formula is C23H22ClNO4. The fourth-order valence-corrected chi connectivity index (χ4v) is 3.26. The molecule has 0 aromatic heterocycles. The van der Waals surface area contributed by atoms with Crippen LogP contribution in [0.4, 0.5) is 0 Å². The molecule has 0 bridgehead atoms. The highest BCUT2D eigenvalue weighted by molar-refractivity contribution is 6.30. The molecule has 0 atom stereocenters. The molecule has 0 aliphatic heterocycles. The van der Waals surface area contributed by atoms with Gasteiger partial charge in [0.15, 0.2) is 0 Å². The summed E-state index contributed by atoms with van der Waals surface area (Å²) in [6.45, 7) is 0.134. The number of hydrogen-bond donors (Lipinski definition) is 2. The Morgan fingerprint density at radius 1 is 1.10 bits per heavy atom. The highest BCUT2D eigenvalue weighted by Gasteiger charge is 2.23. The fourth-order valence-electron chi connectivity index (χ4n) is 3.13. The number of ether oxygens (including phenoxy) is 1. The molecule has 5 nitrogen and oxygen atoms in total. The van der Waals surface area contributed by atoms with Crippen molar-refractivity contribution in [3.05, 3.63) is 76.8 Å². The summed E-state index contributed by atoms with van der Waals surface area (Å²) < 4.78 is 6.13. The smallest absolute Gasteiger partial charge is 0.290 e. The third-order valence-corrected chi connectivity index (χ3v) is 5.11. The minimum absolute atomic E-state index is 0.0634. The monoisotopic (exact) mass is 411 g/mol. The van der Waals surface area contributed by atoms with Crippen molar-refractivity contribution in [1.82, 2.24) is 5.32 Å². The summed E-state index contributed by atoms with van der Waals surface area (Å²) in [4.78, 5) is 21.1.